The maximum absolute atomic E-state index is 5.88. The van der Waals surface area contributed by atoms with Crippen molar-refractivity contribution in [1.29, 1.82) is 0 Å². The molecule has 0 amide bonds. The Morgan fingerprint density at radius 3 is 2.52 bits per heavy atom. The quantitative estimate of drug-likeness (QED) is 0.783. The number of thiocarbonyl (C=S) groups is 1. The minimum absolute atomic E-state index is 0.314. The lowest BCUT2D eigenvalue weighted by atomic mass is 10.1. The number of hydrogen-bond acceptors (Lipinski definition) is 3. The molecule has 21 heavy (non-hydrogen) atoms. The predicted octanol–water partition coefficient (Wildman–Crippen LogP) is 4.06. The number of rotatable bonds is 6. The van der Waals surface area contributed by atoms with Crippen LogP contribution in [0.25, 0.3) is 0 Å². The molecule has 0 heterocycles. The molecule has 3 nitrogen and oxygen atoms in total. The van der Waals surface area contributed by atoms with Gasteiger partial charge in [0.15, 0.2) is 0 Å². The fourth-order valence-corrected chi connectivity index (χ4v) is 2.36. The molecule has 0 saturated carbocycles. The van der Waals surface area contributed by atoms with Crippen LogP contribution in [0.3, 0.4) is 0 Å². The van der Waals surface area contributed by atoms with Crippen molar-refractivity contribution in [2.24, 2.45) is 5.73 Å². The molecule has 0 aliphatic heterocycles. The normalized spacial score (nSPS) is 10.4. The Hall–Kier alpha value is -1.43. The zero-order valence-corrected chi connectivity index (χ0v) is 14.0. The molecule has 0 aliphatic carbocycles. The smallest absolute Gasteiger partial charge is 0.138 e. The van der Waals surface area contributed by atoms with Crippen molar-refractivity contribution in [3.8, 4) is 11.5 Å². The number of nitrogens with two attached hydrogens (primary N) is 1. The third-order valence-corrected chi connectivity index (χ3v) is 3.67. The summed E-state index contributed by atoms with van der Waals surface area (Å²) in [5, 5.41) is 0. The molecule has 5 heteroatoms. The summed E-state index contributed by atoms with van der Waals surface area (Å²) in [5.41, 5.74) is 7.64. The van der Waals surface area contributed by atoms with Crippen molar-refractivity contribution in [2.45, 2.75) is 6.42 Å². The summed E-state index contributed by atoms with van der Waals surface area (Å²) in [4.78, 5) is 0.314. The Morgan fingerprint density at radius 2 is 1.90 bits per heavy atom. The fraction of sp³-hybridized carbons (Fsp3) is 0.188. The van der Waals surface area contributed by atoms with E-state index >= 15 is 0 Å². The third kappa shape index (κ3) is 4.52. The summed E-state index contributed by atoms with van der Waals surface area (Å²) < 4.78 is 11.9. The lowest BCUT2D eigenvalue weighted by molar-refractivity contribution is 0.202. The molecule has 0 saturated heterocycles. The predicted molar refractivity (Wildman–Crippen MR) is 92.1 cm³/mol. The number of hydrogen-bond donors (Lipinski definition) is 1. The highest BCUT2D eigenvalue weighted by atomic mass is 79.9. The van der Waals surface area contributed by atoms with Crippen LogP contribution in [0.2, 0.25) is 0 Å². The van der Waals surface area contributed by atoms with Crippen molar-refractivity contribution in [2.75, 3.05) is 13.7 Å². The summed E-state index contributed by atoms with van der Waals surface area (Å²) in [5.74, 6) is 1.38. The van der Waals surface area contributed by atoms with E-state index < -0.39 is 0 Å². The first-order valence-corrected chi connectivity index (χ1v) is 7.65. The molecule has 0 aliphatic rings. The molecule has 2 N–H and O–H groups in total. The minimum Gasteiger partial charge on any atom is -0.457 e. The maximum Gasteiger partial charge on any atom is 0.138 e. The van der Waals surface area contributed by atoms with Crippen LogP contribution in [0.5, 0.6) is 11.5 Å². The lowest BCUT2D eigenvalue weighted by Crippen LogP contribution is -2.10. The summed E-state index contributed by atoms with van der Waals surface area (Å²) in [6.07, 6.45) is 0.881. The maximum atomic E-state index is 5.88. The van der Waals surface area contributed by atoms with Crippen molar-refractivity contribution in [1.82, 2.24) is 0 Å². The number of ether oxygens (including phenoxy) is 2. The van der Waals surface area contributed by atoms with Gasteiger partial charge in [0.25, 0.3) is 0 Å². The van der Waals surface area contributed by atoms with Gasteiger partial charge in [-0.15, -0.1) is 0 Å². The Balaban J connectivity index is 2.18. The third-order valence-electron chi connectivity index (χ3n) is 2.96. The van der Waals surface area contributed by atoms with E-state index in [4.69, 9.17) is 27.4 Å². The lowest BCUT2D eigenvalue weighted by Gasteiger charge is -2.11. The Labute approximate surface area is 138 Å². The molecule has 0 atom stereocenters. The van der Waals surface area contributed by atoms with E-state index in [1.54, 1.807) is 7.11 Å². The molecular weight excluding hydrogens is 350 g/mol. The van der Waals surface area contributed by atoms with Crippen LogP contribution in [-0.4, -0.2) is 18.7 Å². The van der Waals surface area contributed by atoms with Crippen LogP contribution in [0, 0.1) is 0 Å². The minimum atomic E-state index is 0.314. The highest BCUT2D eigenvalue weighted by molar-refractivity contribution is 9.10. The van der Waals surface area contributed by atoms with Gasteiger partial charge in [-0.25, -0.2) is 0 Å². The standard InChI is InChI=1S/C16H16BrNO2S/c1-19-9-8-11-2-5-13(6-3-11)20-15-10-12(17)4-7-14(15)16(18)21/h2-7,10H,8-9H2,1H3,(H2,18,21). The Bertz CT molecular complexity index is 629. The van der Waals surface area contributed by atoms with Gasteiger partial charge in [0.2, 0.25) is 0 Å². The van der Waals surface area contributed by atoms with Crippen molar-refractivity contribution in [3.05, 3.63) is 58.1 Å². The second-order valence-corrected chi connectivity index (χ2v) is 5.85. The molecule has 2 rings (SSSR count). The number of benzene rings is 2. The van der Waals surface area contributed by atoms with E-state index in [0.717, 1.165) is 22.2 Å². The summed E-state index contributed by atoms with van der Waals surface area (Å²) in [7, 11) is 1.70. The van der Waals surface area contributed by atoms with Crippen molar-refractivity contribution >= 4 is 33.1 Å². The van der Waals surface area contributed by atoms with Gasteiger partial charge in [-0.3, -0.25) is 0 Å². The molecule has 0 aromatic heterocycles. The van der Waals surface area contributed by atoms with Crippen molar-refractivity contribution in [3.63, 3.8) is 0 Å². The highest BCUT2D eigenvalue weighted by Gasteiger charge is 2.08. The SMILES string of the molecule is COCCc1ccc(Oc2cc(Br)ccc2C(N)=S)cc1. The summed E-state index contributed by atoms with van der Waals surface area (Å²) in [6, 6.07) is 13.5. The first-order chi connectivity index (χ1) is 10.1. The molecule has 0 spiro atoms. The van der Waals surface area contributed by atoms with Gasteiger partial charge in [0, 0.05) is 11.6 Å². The fourth-order valence-electron chi connectivity index (χ4n) is 1.86. The first-order valence-electron chi connectivity index (χ1n) is 6.45. The highest BCUT2D eigenvalue weighted by Crippen LogP contribution is 2.29. The zero-order chi connectivity index (χ0) is 15.2. The van der Waals surface area contributed by atoms with E-state index in [1.165, 1.54) is 5.56 Å². The average Bonchev–Trinajstić information content (AvgIpc) is 2.46. The first kappa shape index (κ1) is 15.9. The van der Waals surface area contributed by atoms with Crippen LogP contribution in [0.4, 0.5) is 0 Å². The number of methoxy groups -OCH3 is 1. The molecule has 0 unspecified atom stereocenters. The van der Waals surface area contributed by atoms with Crippen molar-refractivity contribution < 1.29 is 9.47 Å². The van der Waals surface area contributed by atoms with E-state index in [9.17, 15) is 0 Å². The molecule has 2 aromatic rings. The van der Waals surface area contributed by atoms with Gasteiger partial charge in [-0.1, -0.05) is 40.3 Å². The average molecular weight is 366 g/mol. The molecule has 2 aromatic carbocycles. The molecule has 0 fully saturated rings. The number of halogens is 1. The van der Waals surface area contributed by atoms with Gasteiger partial charge in [-0.2, -0.15) is 0 Å². The zero-order valence-electron chi connectivity index (χ0n) is 11.6. The van der Waals surface area contributed by atoms with Crippen LogP contribution >= 0.6 is 28.1 Å². The van der Waals surface area contributed by atoms with Crippen LogP contribution in [0.1, 0.15) is 11.1 Å². The van der Waals surface area contributed by atoms with E-state index in [2.05, 4.69) is 15.9 Å². The van der Waals surface area contributed by atoms with Crippen LogP contribution in [0.15, 0.2) is 46.9 Å². The second kappa shape index (κ2) is 7.54. The Kier molecular flexibility index (Phi) is 5.73. The van der Waals surface area contributed by atoms with Gasteiger partial charge in [0.1, 0.15) is 16.5 Å². The largest absolute Gasteiger partial charge is 0.457 e. The van der Waals surface area contributed by atoms with Crippen LogP contribution < -0.4 is 10.5 Å². The summed E-state index contributed by atoms with van der Waals surface area (Å²) >= 11 is 8.47. The monoisotopic (exact) mass is 365 g/mol. The van der Waals surface area contributed by atoms with Gasteiger partial charge in [-0.05, 0) is 42.3 Å². The summed E-state index contributed by atoms with van der Waals surface area (Å²) in [6.45, 7) is 0.706. The van der Waals surface area contributed by atoms with Gasteiger partial charge >= 0.3 is 0 Å². The molecule has 0 bridgehead atoms. The Morgan fingerprint density at radius 1 is 1.19 bits per heavy atom. The second-order valence-electron chi connectivity index (χ2n) is 4.49. The molecule has 110 valence electrons. The van der Waals surface area contributed by atoms with E-state index in [0.29, 0.717) is 17.3 Å². The van der Waals surface area contributed by atoms with E-state index in [1.807, 2.05) is 42.5 Å². The molecular formula is C16H16BrNO2S. The van der Waals surface area contributed by atoms with Crippen LogP contribution in [-0.2, 0) is 11.2 Å². The molecule has 0 radical (unpaired) electrons. The van der Waals surface area contributed by atoms with E-state index in [-0.39, 0.29) is 0 Å². The topological polar surface area (TPSA) is 44.5 Å². The van der Waals surface area contributed by atoms with Gasteiger partial charge < -0.3 is 15.2 Å². The van der Waals surface area contributed by atoms with Gasteiger partial charge in [0.05, 0.1) is 12.2 Å².